The average molecular weight is 175 g/mol. The van der Waals surface area contributed by atoms with Crippen molar-refractivity contribution in [3.8, 4) is 0 Å². The van der Waals surface area contributed by atoms with Crippen LogP contribution in [-0.4, -0.2) is 47.0 Å². The van der Waals surface area contributed by atoms with Crippen LogP contribution in [0.25, 0.3) is 0 Å². The highest BCUT2D eigenvalue weighted by Gasteiger charge is 2.33. The summed E-state index contributed by atoms with van der Waals surface area (Å²) in [5, 5.41) is 1.90. The zero-order chi connectivity index (χ0) is 6.97. The Kier molecular flexibility index (Phi) is 2.16. The lowest BCUT2D eigenvalue weighted by molar-refractivity contribution is 0.420. The SMILES string of the molecule is CN1CC2SCCSC2C1. The summed E-state index contributed by atoms with van der Waals surface area (Å²) >= 11 is 4.35. The fraction of sp³-hybridized carbons (Fsp3) is 1.00. The summed E-state index contributed by atoms with van der Waals surface area (Å²) in [7, 11) is 2.24. The topological polar surface area (TPSA) is 3.24 Å². The van der Waals surface area contributed by atoms with Gasteiger partial charge in [-0.15, -0.1) is 0 Å². The summed E-state index contributed by atoms with van der Waals surface area (Å²) < 4.78 is 0. The molecular weight excluding hydrogens is 162 g/mol. The Morgan fingerprint density at radius 3 is 2.10 bits per heavy atom. The summed E-state index contributed by atoms with van der Waals surface area (Å²) in [6, 6.07) is 0. The van der Waals surface area contributed by atoms with Crippen LogP contribution in [0.5, 0.6) is 0 Å². The van der Waals surface area contributed by atoms with Gasteiger partial charge in [-0.3, -0.25) is 0 Å². The van der Waals surface area contributed by atoms with Gasteiger partial charge >= 0.3 is 0 Å². The van der Waals surface area contributed by atoms with Gasteiger partial charge in [0, 0.05) is 35.1 Å². The molecular formula is C7H13NS2. The second kappa shape index (κ2) is 2.95. The number of hydrogen-bond donors (Lipinski definition) is 0. The van der Waals surface area contributed by atoms with Crippen molar-refractivity contribution in [2.75, 3.05) is 31.6 Å². The van der Waals surface area contributed by atoms with Crippen molar-refractivity contribution in [1.29, 1.82) is 0 Å². The molecule has 2 fully saturated rings. The fourth-order valence-corrected chi connectivity index (χ4v) is 4.81. The molecule has 2 heterocycles. The average Bonchev–Trinajstić information content (AvgIpc) is 2.27. The third-order valence-electron chi connectivity index (χ3n) is 2.15. The van der Waals surface area contributed by atoms with Gasteiger partial charge in [-0.05, 0) is 7.05 Å². The Morgan fingerprint density at radius 1 is 1.10 bits per heavy atom. The molecule has 2 saturated heterocycles. The summed E-state index contributed by atoms with van der Waals surface area (Å²) in [6.45, 7) is 2.64. The van der Waals surface area contributed by atoms with Crippen LogP contribution in [0.15, 0.2) is 0 Å². The maximum atomic E-state index is 2.46. The summed E-state index contributed by atoms with van der Waals surface area (Å²) in [5.74, 6) is 2.75. The molecule has 0 aromatic carbocycles. The van der Waals surface area contributed by atoms with Crippen molar-refractivity contribution >= 4 is 23.5 Å². The van der Waals surface area contributed by atoms with E-state index in [2.05, 4.69) is 35.5 Å². The van der Waals surface area contributed by atoms with E-state index in [-0.39, 0.29) is 0 Å². The predicted octanol–water partition coefficient (Wildman–Crippen LogP) is 1.15. The first kappa shape index (κ1) is 7.32. The second-order valence-corrected chi connectivity index (χ2v) is 5.73. The first-order chi connectivity index (χ1) is 4.86. The number of fused-ring (bicyclic) bond motifs is 1. The van der Waals surface area contributed by atoms with Gasteiger partial charge in [0.2, 0.25) is 0 Å². The van der Waals surface area contributed by atoms with Gasteiger partial charge in [0.1, 0.15) is 0 Å². The lowest BCUT2D eigenvalue weighted by Crippen LogP contribution is -2.23. The maximum absolute atomic E-state index is 2.46. The van der Waals surface area contributed by atoms with E-state index < -0.39 is 0 Å². The van der Waals surface area contributed by atoms with Crippen LogP contribution < -0.4 is 0 Å². The molecule has 2 aliphatic heterocycles. The largest absolute Gasteiger partial charge is 0.304 e. The molecule has 58 valence electrons. The fourth-order valence-electron chi connectivity index (χ4n) is 1.64. The number of likely N-dealkylation sites (tertiary alicyclic amines) is 1. The Bertz CT molecular complexity index is 115. The van der Waals surface area contributed by atoms with E-state index in [1.165, 1.54) is 24.6 Å². The van der Waals surface area contributed by atoms with Crippen molar-refractivity contribution in [3.05, 3.63) is 0 Å². The molecule has 2 aliphatic rings. The molecule has 2 unspecified atom stereocenters. The van der Waals surface area contributed by atoms with Gasteiger partial charge in [-0.25, -0.2) is 0 Å². The number of rotatable bonds is 0. The lowest BCUT2D eigenvalue weighted by Gasteiger charge is -2.22. The lowest BCUT2D eigenvalue weighted by atomic mass is 10.4. The van der Waals surface area contributed by atoms with Crippen LogP contribution in [0.2, 0.25) is 0 Å². The Morgan fingerprint density at radius 2 is 1.60 bits per heavy atom. The van der Waals surface area contributed by atoms with Gasteiger partial charge in [-0.2, -0.15) is 23.5 Å². The zero-order valence-corrected chi connectivity index (χ0v) is 7.88. The van der Waals surface area contributed by atoms with Crippen LogP contribution in [0.1, 0.15) is 0 Å². The molecule has 0 aromatic rings. The van der Waals surface area contributed by atoms with Crippen LogP contribution in [0, 0.1) is 0 Å². The van der Waals surface area contributed by atoms with Crippen molar-refractivity contribution in [1.82, 2.24) is 4.90 Å². The Hall–Kier alpha value is 0.660. The first-order valence-electron chi connectivity index (χ1n) is 3.78. The standard InChI is InChI=1S/C7H13NS2/c1-8-4-6-7(5-8)10-3-2-9-6/h6-7H,2-5H2,1H3. The summed E-state index contributed by atoms with van der Waals surface area (Å²) in [4.78, 5) is 2.46. The van der Waals surface area contributed by atoms with E-state index in [4.69, 9.17) is 0 Å². The molecule has 0 saturated carbocycles. The van der Waals surface area contributed by atoms with E-state index in [1.807, 2.05) is 0 Å². The number of thioether (sulfide) groups is 2. The minimum atomic E-state index is 0.948. The van der Waals surface area contributed by atoms with Crippen molar-refractivity contribution < 1.29 is 0 Å². The van der Waals surface area contributed by atoms with Crippen LogP contribution in [-0.2, 0) is 0 Å². The van der Waals surface area contributed by atoms with Gasteiger partial charge in [0.15, 0.2) is 0 Å². The highest BCUT2D eigenvalue weighted by atomic mass is 32.2. The smallest absolute Gasteiger partial charge is 0.0306 e. The first-order valence-corrected chi connectivity index (χ1v) is 5.88. The van der Waals surface area contributed by atoms with Crippen molar-refractivity contribution in [2.45, 2.75) is 10.5 Å². The normalized spacial score (nSPS) is 41.7. The molecule has 0 radical (unpaired) electrons. The highest BCUT2D eigenvalue weighted by Crippen LogP contribution is 2.35. The van der Waals surface area contributed by atoms with Gasteiger partial charge in [0.05, 0.1) is 0 Å². The molecule has 10 heavy (non-hydrogen) atoms. The van der Waals surface area contributed by atoms with Gasteiger partial charge in [0.25, 0.3) is 0 Å². The number of hydrogen-bond acceptors (Lipinski definition) is 3. The molecule has 0 amide bonds. The van der Waals surface area contributed by atoms with Crippen LogP contribution in [0.3, 0.4) is 0 Å². The molecule has 0 aromatic heterocycles. The molecule has 0 N–H and O–H groups in total. The maximum Gasteiger partial charge on any atom is 0.0306 e. The predicted molar refractivity (Wildman–Crippen MR) is 50.0 cm³/mol. The van der Waals surface area contributed by atoms with Crippen molar-refractivity contribution in [2.24, 2.45) is 0 Å². The highest BCUT2D eigenvalue weighted by molar-refractivity contribution is 8.07. The van der Waals surface area contributed by atoms with E-state index >= 15 is 0 Å². The monoisotopic (exact) mass is 175 g/mol. The van der Waals surface area contributed by atoms with E-state index in [0.29, 0.717) is 0 Å². The Balaban J connectivity index is 1.97. The number of nitrogens with zero attached hydrogens (tertiary/aromatic N) is 1. The quantitative estimate of drug-likeness (QED) is 0.544. The van der Waals surface area contributed by atoms with E-state index in [1.54, 1.807) is 0 Å². The molecule has 1 nitrogen and oxygen atoms in total. The molecule has 2 rings (SSSR count). The summed E-state index contributed by atoms with van der Waals surface area (Å²) in [5.41, 5.74) is 0. The summed E-state index contributed by atoms with van der Waals surface area (Å²) in [6.07, 6.45) is 0. The van der Waals surface area contributed by atoms with Gasteiger partial charge < -0.3 is 4.90 Å². The molecule has 2 atom stereocenters. The van der Waals surface area contributed by atoms with E-state index in [0.717, 1.165) is 10.5 Å². The molecule has 0 bridgehead atoms. The Labute approximate surface area is 70.9 Å². The third-order valence-corrected chi connectivity index (χ3v) is 5.27. The molecule has 0 aliphatic carbocycles. The van der Waals surface area contributed by atoms with E-state index in [9.17, 15) is 0 Å². The molecule has 3 heteroatoms. The zero-order valence-electron chi connectivity index (χ0n) is 6.25. The van der Waals surface area contributed by atoms with Crippen molar-refractivity contribution in [3.63, 3.8) is 0 Å². The molecule has 0 spiro atoms. The van der Waals surface area contributed by atoms with Crippen LogP contribution >= 0.6 is 23.5 Å². The second-order valence-electron chi connectivity index (χ2n) is 3.04. The van der Waals surface area contributed by atoms with Crippen LogP contribution in [0.4, 0.5) is 0 Å². The van der Waals surface area contributed by atoms with Gasteiger partial charge in [-0.1, -0.05) is 0 Å². The minimum Gasteiger partial charge on any atom is -0.304 e. The third kappa shape index (κ3) is 1.31. The minimum absolute atomic E-state index is 0.948.